The van der Waals surface area contributed by atoms with Crippen LogP contribution in [0.15, 0.2) is 24.3 Å². The molecular weight excluding hydrogens is 258 g/mol. The molecule has 0 saturated heterocycles. The zero-order chi connectivity index (χ0) is 13.9. The van der Waals surface area contributed by atoms with Gasteiger partial charge in [0.15, 0.2) is 0 Å². The second-order valence-corrected chi connectivity index (χ2v) is 6.04. The van der Waals surface area contributed by atoms with E-state index in [0.29, 0.717) is 12.1 Å². The molecule has 1 aliphatic carbocycles. The maximum atomic E-state index is 6.01. The molecule has 1 aliphatic rings. The molecule has 106 valence electrons. The van der Waals surface area contributed by atoms with Crippen LogP contribution in [0.5, 0.6) is 0 Å². The average Bonchev–Trinajstić information content (AvgIpc) is 2.41. The Morgan fingerprint density at radius 2 is 2.21 bits per heavy atom. The molecule has 0 heterocycles. The topological polar surface area (TPSA) is 21.3 Å². The lowest BCUT2D eigenvalue weighted by Gasteiger charge is -2.53. The van der Waals surface area contributed by atoms with Gasteiger partial charge in [-0.05, 0) is 37.5 Å². The third-order valence-corrected chi connectivity index (χ3v) is 4.79. The lowest BCUT2D eigenvalue weighted by atomic mass is 9.61. The fourth-order valence-corrected chi connectivity index (χ4v) is 3.17. The van der Waals surface area contributed by atoms with Gasteiger partial charge < -0.3 is 10.1 Å². The standard InChI is InChI=1S/C16H24ClNO/c1-4-16(3)14(10-15(16)19-5-2)18-11-12-7-6-8-13(17)9-12/h6-9,14-15,18H,4-5,10-11H2,1-3H3. The number of ether oxygens (including phenoxy) is 1. The highest BCUT2D eigenvalue weighted by Gasteiger charge is 2.50. The van der Waals surface area contributed by atoms with Crippen molar-refractivity contribution in [3.63, 3.8) is 0 Å². The summed E-state index contributed by atoms with van der Waals surface area (Å²) in [5.41, 5.74) is 1.50. The number of hydrogen-bond acceptors (Lipinski definition) is 2. The summed E-state index contributed by atoms with van der Waals surface area (Å²) in [6.07, 6.45) is 2.66. The predicted octanol–water partition coefficient (Wildman–Crippen LogP) is 4.02. The van der Waals surface area contributed by atoms with Crippen molar-refractivity contribution in [1.29, 1.82) is 0 Å². The van der Waals surface area contributed by atoms with E-state index >= 15 is 0 Å². The van der Waals surface area contributed by atoms with Crippen molar-refractivity contribution in [3.8, 4) is 0 Å². The number of hydrogen-bond donors (Lipinski definition) is 1. The maximum Gasteiger partial charge on any atom is 0.0658 e. The Bertz CT molecular complexity index is 423. The van der Waals surface area contributed by atoms with E-state index in [-0.39, 0.29) is 5.41 Å². The highest BCUT2D eigenvalue weighted by atomic mass is 35.5. The fourth-order valence-electron chi connectivity index (χ4n) is 2.95. The minimum Gasteiger partial charge on any atom is -0.378 e. The lowest BCUT2D eigenvalue weighted by Crippen LogP contribution is -2.61. The van der Waals surface area contributed by atoms with Crippen LogP contribution < -0.4 is 5.32 Å². The van der Waals surface area contributed by atoms with E-state index in [1.54, 1.807) is 0 Å². The Hall–Kier alpha value is -0.570. The molecule has 2 nitrogen and oxygen atoms in total. The van der Waals surface area contributed by atoms with E-state index in [0.717, 1.165) is 31.0 Å². The Balaban J connectivity index is 1.90. The quantitative estimate of drug-likeness (QED) is 0.850. The summed E-state index contributed by atoms with van der Waals surface area (Å²) in [5, 5.41) is 4.46. The van der Waals surface area contributed by atoms with E-state index in [4.69, 9.17) is 16.3 Å². The highest BCUT2D eigenvalue weighted by Crippen LogP contribution is 2.45. The molecule has 1 aromatic carbocycles. The van der Waals surface area contributed by atoms with Crippen LogP contribution in [0.25, 0.3) is 0 Å². The summed E-state index contributed by atoms with van der Waals surface area (Å²) in [6.45, 7) is 8.33. The van der Waals surface area contributed by atoms with Crippen LogP contribution in [0.2, 0.25) is 5.02 Å². The molecule has 3 atom stereocenters. The van der Waals surface area contributed by atoms with E-state index in [2.05, 4.69) is 32.2 Å². The Kier molecular flexibility index (Phi) is 4.88. The summed E-state index contributed by atoms with van der Waals surface area (Å²) in [7, 11) is 0. The van der Waals surface area contributed by atoms with E-state index < -0.39 is 0 Å². The van der Waals surface area contributed by atoms with Crippen LogP contribution >= 0.6 is 11.6 Å². The normalized spacial score (nSPS) is 30.1. The third kappa shape index (κ3) is 3.13. The van der Waals surface area contributed by atoms with E-state index in [1.165, 1.54) is 5.56 Å². The number of rotatable bonds is 6. The molecule has 0 bridgehead atoms. The molecule has 19 heavy (non-hydrogen) atoms. The summed E-state index contributed by atoms with van der Waals surface area (Å²) in [4.78, 5) is 0. The Morgan fingerprint density at radius 1 is 1.42 bits per heavy atom. The SMILES string of the molecule is CCOC1CC(NCc2cccc(Cl)c2)C1(C)CC. The first-order valence-electron chi connectivity index (χ1n) is 7.19. The minimum atomic E-state index is 0.259. The van der Waals surface area contributed by atoms with Crippen LogP contribution in [-0.4, -0.2) is 18.8 Å². The molecule has 2 rings (SSSR count). The van der Waals surface area contributed by atoms with Gasteiger partial charge in [-0.2, -0.15) is 0 Å². The molecule has 0 radical (unpaired) electrons. The lowest BCUT2D eigenvalue weighted by molar-refractivity contribution is -0.126. The van der Waals surface area contributed by atoms with Crippen molar-refractivity contribution in [2.75, 3.05) is 6.61 Å². The molecule has 0 aliphatic heterocycles. The van der Waals surface area contributed by atoms with Gasteiger partial charge in [-0.1, -0.05) is 37.6 Å². The monoisotopic (exact) mass is 281 g/mol. The van der Waals surface area contributed by atoms with Gasteiger partial charge in [0.05, 0.1) is 6.10 Å². The molecule has 1 N–H and O–H groups in total. The van der Waals surface area contributed by atoms with Gasteiger partial charge in [0.1, 0.15) is 0 Å². The van der Waals surface area contributed by atoms with Crippen LogP contribution in [0, 0.1) is 5.41 Å². The van der Waals surface area contributed by atoms with Crippen molar-refractivity contribution in [3.05, 3.63) is 34.9 Å². The fraction of sp³-hybridized carbons (Fsp3) is 0.625. The molecule has 3 unspecified atom stereocenters. The second-order valence-electron chi connectivity index (χ2n) is 5.60. The summed E-state index contributed by atoms with van der Waals surface area (Å²) in [6, 6.07) is 8.59. The Labute approximate surface area is 121 Å². The van der Waals surface area contributed by atoms with Crippen molar-refractivity contribution in [2.24, 2.45) is 5.41 Å². The van der Waals surface area contributed by atoms with Crippen LogP contribution in [-0.2, 0) is 11.3 Å². The summed E-state index contributed by atoms with van der Waals surface area (Å²) in [5.74, 6) is 0. The first kappa shape index (κ1) is 14.8. The van der Waals surface area contributed by atoms with E-state index in [9.17, 15) is 0 Å². The van der Waals surface area contributed by atoms with Crippen molar-refractivity contribution >= 4 is 11.6 Å². The molecule has 1 saturated carbocycles. The molecule has 0 amide bonds. The van der Waals surface area contributed by atoms with Gasteiger partial charge >= 0.3 is 0 Å². The number of halogens is 1. The van der Waals surface area contributed by atoms with Gasteiger partial charge in [-0.15, -0.1) is 0 Å². The smallest absolute Gasteiger partial charge is 0.0658 e. The van der Waals surface area contributed by atoms with Gasteiger partial charge in [-0.3, -0.25) is 0 Å². The maximum absolute atomic E-state index is 6.01. The van der Waals surface area contributed by atoms with Crippen LogP contribution in [0.3, 0.4) is 0 Å². The van der Waals surface area contributed by atoms with Gasteiger partial charge in [0.2, 0.25) is 0 Å². The molecule has 0 aromatic heterocycles. The summed E-state index contributed by atoms with van der Waals surface area (Å²) >= 11 is 6.01. The van der Waals surface area contributed by atoms with Gasteiger partial charge in [0, 0.05) is 29.6 Å². The Morgan fingerprint density at radius 3 is 2.84 bits per heavy atom. The largest absolute Gasteiger partial charge is 0.378 e. The number of nitrogens with one attached hydrogen (secondary N) is 1. The van der Waals surface area contributed by atoms with Crippen molar-refractivity contribution in [2.45, 2.75) is 52.3 Å². The average molecular weight is 282 g/mol. The molecule has 0 spiro atoms. The minimum absolute atomic E-state index is 0.259. The summed E-state index contributed by atoms with van der Waals surface area (Å²) < 4.78 is 5.82. The third-order valence-electron chi connectivity index (χ3n) is 4.55. The van der Waals surface area contributed by atoms with Gasteiger partial charge in [0.25, 0.3) is 0 Å². The zero-order valence-corrected chi connectivity index (χ0v) is 12.8. The van der Waals surface area contributed by atoms with Crippen LogP contribution in [0.4, 0.5) is 0 Å². The molecular formula is C16H24ClNO. The van der Waals surface area contributed by atoms with E-state index in [1.807, 2.05) is 18.2 Å². The first-order valence-corrected chi connectivity index (χ1v) is 7.57. The second kappa shape index (κ2) is 6.25. The first-order chi connectivity index (χ1) is 9.10. The predicted molar refractivity (Wildman–Crippen MR) is 80.5 cm³/mol. The highest BCUT2D eigenvalue weighted by molar-refractivity contribution is 6.30. The van der Waals surface area contributed by atoms with Crippen molar-refractivity contribution < 1.29 is 4.74 Å². The van der Waals surface area contributed by atoms with Crippen LogP contribution in [0.1, 0.15) is 39.2 Å². The molecule has 1 aromatic rings. The molecule has 3 heteroatoms. The number of benzene rings is 1. The zero-order valence-electron chi connectivity index (χ0n) is 12.1. The van der Waals surface area contributed by atoms with Gasteiger partial charge in [-0.25, -0.2) is 0 Å². The molecule has 1 fully saturated rings. The van der Waals surface area contributed by atoms with Crippen molar-refractivity contribution in [1.82, 2.24) is 5.32 Å².